The third-order valence-corrected chi connectivity index (χ3v) is 4.75. The van der Waals surface area contributed by atoms with Gasteiger partial charge >= 0.3 is 11.9 Å². The van der Waals surface area contributed by atoms with Crippen molar-refractivity contribution in [3.8, 4) is 5.75 Å². The summed E-state index contributed by atoms with van der Waals surface area (Å²) >= 11 is 6.08. The maximum atomic E-state index is 12.8. The van der Waals surface area contributed by atoms with Crippen LogP contribution >= 0.6 is 11.6 Å². The molecule has 0 spiro atoms. The molecule has 184 valence electrons. The Morgan fingerprint density at radius 3 is 2.06 bits per heavy atom. The first-order chi connectivity index (χ1) is 16.6. The highest BCUT2D eigenvalue weighted by atomic mass is 35.5. The Bertz CT molecular complexity index is 1180. The minimum atomic E-state index is -0.633. The fourth-order valence-corrected chi connectivity index (χ4v) is 3.17. The van der Waals surface area contributed by atoms with Crippen molar-refractivity contribution in [1.29, 1.82) is 0 Å². The Hall–Kier alpha value is -3.78. The van der Waals surface area contributed by atoms with Crippen LogP contribution < -0.4 is 10.1 Å². The van der Waals surface area contributed by atoms with Crippen molar-refractivity contribution in [2.24, 2.45) is 0 Å². The van der Waals surface area contributed by atoms with Crippen molar-refractivity contribution in [1.82, 2.24) is 0 Å². The number of anilines is 1. The molecule has 0 aliphatic carbocycles. The zero-order valence-corrected chi connectivity index (χ0v) is 20.5. The van der Waals surface area contributed by atoms with Gasteiger partial charge in [-0.25, -0.2) is 9.59 Å². The highest BCUT2D eigenvalue weighted by Gasteiger charge is 2.19. The van der Waals surface area contributed by atoms with Crippen LogP contribution in [0.2, 0.25) is 5.02 Å². The van der Waals surface area contributed by atoms with Crippen LogP contribution in [-0.4, -0.2) is 30.1 Å². The summed E-state index contributed by atoms with van der Waals surface area (Å²) in [5.41, 5.74) is 0.398. The molecule has 8 nitrogen and oxygen atoms in total. The van der Waals surface area contributed by atoms with E-state index in [1.165, 1.54) is 24.3 Å². The molecule has 1 heterocycles. The van der Waals surface area contributed by atoms with Crippen LogP contribution in [0.25, 0.3) is 0 Å². The number of carbonyl (C=O) groups excluding carboxylic acids is 3. The molecular formula is C26H26ClNO7. The Morgan fingerprint density at radius 2 is 1.49 bits per heavy atom. The summed E-state index contributed by atoms with van der Waals surface area (Å²) in [5.74, 6) is -0.929. The summed E-state index contributed by atoms with van der Waals surface area (Å²) < 4.78 is 21.7. The molecule has 9 heteroatoms. The van der Waals surface area contributed by atoms with Gasteiger partial charge in [-0.3, -0.25) is 4.79 Å². The molecule has 0 saturated heterocycles. The molecule has 0 aliphatic heterocycles. The average molecular weight is 500 g/mol. The molecule has 0 bridgehead atoms. The molecule has 1 aromatic heterocycles. The van der Waals surface area contributed by atoms with Gasteiger partial charge in [0.2, 0.25) is 0 Å². The van der Waals surface area contributed by atoms with E-state index in [-0.39, 0.29) is 41.4 Å². The lowest BCUT2D eigenvalue weighted by Crippen LogP contribution is -2.17. The third-order valence-electron chi connectivity index (χ3n) is 4.44. The van der Waals surface area contributed by atoms with E-state index in [1.54, 1.807) is 58.0 Å². The van der Waals surface area contributed by atoms with Crippen LogP contribution in [0.3, 0.4) is 0 Å². The summed E-state index contributed by atoms with van der Waals surface area (Å²) in [7, 11) is 0. The van der Waals surface area contributed by atoms with Gasteiger partial charge in [0.05, 0.1) is 28.4 Å². The van der Waals surface area contributed by atoms with Crippen molar-refractivity contribution < 1.29 is 33.0 Å². The molecule has 1 amide bonds. The largest absolute Gasteiger partial charge is 0.484 e. The van der Waals surface area contributed by atoms with Gasteiger partial charge in [-0.1, -0.05) is 23.7 Å². The number of halogens is 1. The summed E-state index contributed by atoms with van der Waals surface area (Å²) in [6.07, 6.45) is -0.720. The van der Waals surface area contributed by atoms with Crippen molar-refractivity contribution in [3.05, 3.63) is 82.3 Å². The number of hydrogen-bond donors (Lipinski definition) is 1. The molecule has 3 rings (SSSR count). The summed E-state index contributed by atoms with van der Waals surface area (Å²) in [6, 6.07) is 14.3. The molecule has 0 atom stereocenters. The van der Waals surface area contributed by atoms with E-state index in [4.69, 9.17) is 30.2 Å². The molecule has 35 heavy (non-hydrogen) atoms. The molecule has 0 aliphatic rings. The summed E-state index contributed by atoms with van der Waals surface area (Å²) in [5, 5.41) is 3.10. The second-order valence-corrected chi connectivity index (χ2v) is 8.55. The zero-order valence-electron chi connectivity index (χ0n) is 19.8. The van der Waals surface area contributed by atoms with Crippen molar-refractivity contribution >= 4 is 35.1 Å². The monoisotopic (exact) mass is 499 g/mol. The first-order valence-corrected chi connectivity index (χ1v) is 11.3. The number of para-hydroxylation sites is 1. The Balaban J connectivity index is 1.76. The van der Waals surface area contributed by atoms with Gasteiger partial charge < -0.3 is 23.9 Å². The number of amides is 1. The molecule has 0 fully saturated rings. The van der Waals surface area contributed by atoms with E-state index in [0.717, 1.165) is 0 Å². The van der Waals surface area contributed by atoms with Gasteiger partial charge in [-0.15, -0.1) is 0 Å². The SMILES string of the molecule is CC(C)OC(=O)c1cc(NC(=O)c2ccc(COc3ccccc3Cl)o2)cc(C(=O)OC(C)C)c1. The molecule has 0 radical (unpaired) electrons. The number of ether oxygens (including phenoxy) is 3. The van der Waals surface area contributed by atoms with Crippen LogP contribution in [0.4, 0.5) is 5.69 Å². The lowest BCUT2D eigenvalue weighted by molar-refractivity contribution is 0.0377. The molecular weight excluding hydrogens is 474 g/mol. The predicted octanol–water partition coefficient (Wildman–Crippen LogP) is 5.89. The minimum absolute atomic E-state index is 0.0178. The number of nitrogens with one attached hydrogen (secondary N) is 1. The number of hydrogen-bond acceptors (Lipinski definition) is 7. The number of furan rings is 1. The zero-order chi connectivity index (χ0) is 25.5. The fraction of sp³-hybridized carbons (Fsp3) is 0.269. The highest BCUT2D eigenvalue weighted by molar-refractivity contribution is 6.32. The lowest BCUT2D eigenvalue weighted by atomic mass is 10.1. The van der Waals surface area contributed by atoms with E-state index in [1.807, 2.05) is 0 Å². The smallest absolute Gasteiger partial charge is 0.338 e. The van der Waals surface area contributed by atoms with Crippen LogP contribution in [0.1, 0.15) is 64.7 Å². The van der Waals surface area contributed by atoms with Gasteiger partial charge in [-0.05, 0) is 70.2 Å². The normalized spacial score (nSPS) is 10.8. The van der Waals surface area contributed by atoms with Gasteiger partial charge in [0, 0.05) is 5.69 Å². The number of benzene rings is 2. The van der Waals surface area contributed by atoms with Gasteiger partial charge in [0.25, 0.3) is 5.91 Å². The van der Waals surface area contributed by atoms with Crippen molar-refractivity contribution in [2.45, 2.75) is 46.5 Å². The van der Waals surface area contributed by atoms with Crippen LogP contribution in [-0.2, 0) is 16.1 Å². The maximum Gasteiger partial charge on any atom is 0.338 e. The lowest BCUT2D eigenvalue weighted by Gasteiger charge is -2.13. The maximum absolute atomic E-state index is 12.8. The number of carbonyl (C=O) groups is 3. The van der Waals surface area contributed by atoms with Crippen LogP contribution in [0.15, 0.2) is 59.0 Å². The Labute approximate surface area is 208 Å². The van der Waals surface area contributed by atoms with E-state index in [0.29, 0.717) is 16.5 Å². The van der Waals surface area contributed by atoms with E-state index in [9.17, 15) is 14.4 Å². The second-order valence-electron chi connectivity index (χ2n) is 8.15. The predicted molar refractivity (Wildman–Crippen MR) is 130 cm³/mol. The van der Waals surface area contributed by atoms with Gasteiger partial charge in [-0.2, -0.15) is 0 Å². The van der Waals surface area contributed by atoms with Crippen LogP contribution in [0.5, 0.6) is 5.75 Å². The van der Waals surface area contributed by atoms with Crippen molar-refractivity contribution in [3.63, 3.8) is 0 Å². The first-order valence-electron chi connectivity index (χ1n) is 11.0. The molecule has 1 N–H and O–H groups in total. The Morgan fingerprint density at radius 1 is 0.886 bits per heavy atom. The highest BCUT2D eigenvalue weighted by Crippen LogP contribution is 2.25. The molecule has 3 aromatic rings. The minimum Gasteiger partial charge on any atom is -0.484 e. The number of rotatable bonds is 9. The summed E-state index contributed by atoms with van der Waals surface area (Å²) in [6.45, 7) is 6.91. The first kappa shape index (κ1) is 25.8. The topological polar surface area (TPSA) is 104 Å². The van der Waals surface area contributed by atoms with Gasteiger partial charge in [0.1, 0.15) is 18.1 Å². The van der Waals surface area contributed by atoms with E-state index in [2.05, 4.69) is 5.32 Å². The van der Waals surface area contributed by atoms with Gasteiger partial charge in [0.15, 0.2) is 5.76 Å². The quantitative estimate of drug-likeness (QED) is 0.366. The molecule has 0 unspecified atom stereocenters. The van der Waals surface area contributed by atoms with E-state index >= 15 is 0 Å². The number of esters is 2. The van der Waals surface area contributed by atoms with Crippen LogP contribution in [0, 0.1) is 0 Å². The standard InChI is InChI=1S/C26H26ClNO7/c1-15(2)33-25(30)17-11-18(26(31)34-16(3)4)13-19(12-17)28-24(29)23-10-9-20(35-23)14-32-22-8-6-5-7-21(22)27/h5-13,15-16H,14H2,1-4H3,(H,28,29). The fourth-order valence-electron chi connectivity index (χ4n) is 2.98. The Kier molecular flexibility index (Phi) is 8.54. The second kappa shape index (κ2) is 11.6. The molecule has 0 saturated carbocycles. The van der Waals surface area contributed by atoms with Crippen molar-refractivity contribution in [2.75, 3.05) is 5.32 Å². The third kappa shape index (κ3) is 7.35. The average Bonchev–Trinajstić information content (AvgIpc) is 3.27. The summed E-state index contributed by atoms with van der Waals surface area (Å²) in [4.78, 5) is 37.7. The van der Waals surface area contributed by atoms with E-state index < -0.39 is 17.8 Å². The molecule has 2 aromatic carbocycles.